The second kappa shape index (κ2) is 6.54. The van der Waals surface area contributed by atoms with Crippen molar-refractivity contribution in [1.82, 2.24) is 15.3 Å². The topological polar surface area (TPSA) is 54.9 Å². The number of thiophene rings is 1. The molecule has 0 fully saturated rings. The fraction of sp³-hybridized carbons (Fsp3) is 0.562. The van der Waals surface area contributed by atoms with Gasteiger partial charge in [-0.2, -0.15) is 0 Å². The number of nitrogens with one attached hydrogen (secondary N) is 1. The smallest absolute Gasteiger partial charge is 0.233 e. The number of aryl methyl sites for hydroxylation is 2. The van der Waals surface area contributed by atoms with Crippen molar-refractivity contribution in [1.29, 1.82) is 0 Å². The molecule has 0 saturated carbocycles. The molecule has 1 aliphatic carbocycles. The van der Waals surface area contributed by atoms with Gasteiger partial charge in [-0.05, 0) is 37.7 Å². The molecular formula is C16H21N3OS2. The predicted molar refractivity (Wildman–Crippen MR) is 92.6 cm³/mol. The third-order valence-electron chi connectivity index (χ3n) is 3.81. The Hall–Kier alpha value is -1.14. The Morgan fingerprint density at radius 3 is 2.95 bits per heavy atom. The Labute approximate surface area is 139 Å². The zero-order chi connectivity index (χ0) is 15.7. The van der Waals surface area contributed by atoms with Gasteiger partial charge in [0.15, 0.2) is 0 Å². The van der Waals surface area contributed by atoms with E-state index >= 15 is 0 Å². The first-order valence-corrected chi connectivity index (χ1v) is 9.45. The van der Waals surface area contributed by atoms with Crippen LogP contribution >= 0.6 is 23.1 Å². The van der Waals surface area contributed by atoms with Crippen LogP contribution < -0.4 is 5.32 Å². The van der Waals surface area contributed by atoms with Crippen molar-refractivity contribution in [3.8, 4) is 0 Å². The van der Waals surface area contributed by atoms with Crippen LogP contribution in [0.15, 0.2) is 11.4 Å². The molecule has 0 aliphatic heterocycles. The minimum atomic E-state index is -0.145. The van der Waals surface area contributed by atoms with E-state index in [0.29, 0.717) is 5.92 Å². The Balaban J connectivity index is 1.80. The van der Waals surface area contributed by atoms with Crippen LogP contribution in [-0.4, -0.2) is 27.7 Å². The summed E-state index contributed by atoms with van der Waals surface area (Å²) in [7, 11) is 0. The summed E-state index contributed by atoms with van der Waals surface area (Å²) in [5.41, 5.74) is 1.41. The van der Waals surface area contributed by atoms with Crippen molar-refractivity contribution >= 4 is 39.2 Å². The molecule has 0 radical (unpaired) electrons. The quantitative estimate of drug-likeness (QED) is 0.672. The number of amides is 1. The first-order chi connectivity index (χ1) is 10.6. The van der Waals surface area contributed by atoms with Crippen LogP contribution in [0.3, 0.4) is 0 Å². The third kappa shape index (κ3) is 3.13. The molecule has 4 nitrogen and oxygen atoms in total. The van der Waals surface area contributed by atoms with E-state index in [-0.39, 0.29) is 11.2 Å². The van der Waals surface area contributed by atoms with E-state index in [1.54, 1.807) is 29.4 Å². The van der Waals surface area contributed by atoms with Gasteiger partial charge >= 0.3 is 0 Å². The van der Waals surface area contributed by atoms with Crippen LogP contribution in [0, 0.1) is 5.92 Å². The summed E-state index contributed by atoms with van der Waals surface area (Å²) in [5, 5.41) is 4.99. The molecule has 0 unspecified atom stereocenters. The van der Waals surface area contributed by atoms with E-state index in [1.165, 1.54) is 22.2 Å². The Kier molecular flexibility index (Phi) is 4.68. The van der Waals surface area contributed by atoms with Crippen LogP contribution in [0.1, 0.15) is 37.6 Å². The normalized spacial score (nSPS) is 15.3. The molecular weight excluding hydrogens is 314 g/mol. The van der Waals surface area contributed by atoms with Crippen molar-refractivity contribution < 1.29 is 4.79 Å². The average Bonchev–Trinajstić information content (AvgIpc) is 3.05. The maximum atomic E-state index is 12.2. The molecule has 6 heteroatoms. The Morgan fingerprint density at radius 2 is 2.18 bits per heavy atom. The van der Waals surface area contributed by atoms with Gasteiger partial charge in [-0.15, -0.1) is 11.3 Å². The molecule has 3 rings (SSSR count). The van der Waals surface area contributed by atoms with E-state index in [2.05, 4.69) is 29.1 Å². The number of carbonyl (C=O) groups excluding carboxylic acids is 1. The summed E-state index contributed by atoms with van der Waals surface area (Å²) in [6.07, 6.45) is 5.12. The highest BCUT2D eigenvalue weighted by molar-refractivity contribution is 8.00. The minimum Gasteiger partial charge on any atom is -0.355 e. The first-order valence-electron chi connectivity index (χ1n) is 7.76. The fourth-order valence-corrected chi connectivity index (χ4v) is 4.92. The lowest BCUT2D eigenvalue weighted by Gasteiger charge is -2.13. The van der Waals surface area contributed by atoms with E-state index in [9.17, 15) is 4.79 Å². The SMILES string of the molecule is CC(C)CNC(=O)[C@H](C)Sc1ncnc2sc3c(c12)CCC3. The van der Waals surface area contributed by atoms with Gasteiger partial charge in [0.05, 0.1) is 5.25 Å². The van der Waals surface area contributed by atoms with Gasteiger partial charge in [-0.25, -0.2) is 9.97 Å². The number of hydrogen-bond acceptors (Lipinski definition) is 5. The van der Waals surface area contributed by atoms with Crippen LogP contribution in [-0.2, 0) is 17.6 Å². The second-order valence-electron chi connectivity index (χ2n) is 6.12. The summed E-state index contributed by atoms with van der Waals surface area (Å²) in [6, 6.07) is 0. The number of hydrogen-bond donors (Lipinski definition) is 1. The highest BCUT2D eigenvalue weighted by atomic mass is 32.2. The van der Waals surface area contributed by atoms with Crippen molar-refractivity contribution in [3.63, 3.8) is 0 Å². The molecule has 0 spiro atoms. The average molecular weight is 335 g/mol. The van der Waals surface area contributed by atoms with Crippen LogP contribution in [0.4, 0.5) is 0 Å². The highest BCUT2D eigenvalue weighted by Crippen LogP contribution is 2.40. The van der Waals surface area contributed by atoms with Crippen LogP contribution in [0.25, 0.3) is 10.2 Å². The van der Waals surface area contributed by atoms with E-state index in [0.717, 1.165) is 29.2 Å². The fourth-order valence-electron chi connectivity index (χ4n) is 2.66. The first kappa shape index (κ1) is 15.7. The predicted octanol–water partition coefficient (Wildman–Crippen LogP) is 3.43. The lowest BCUT2D eigenvalue weighted by molar-refractivity contribution is -0.120. The van der Waals surface area contributed by atoms with Gasteiger partial charge in [0.2, 0.25) is 5.91 Å². The van der Waals surface area contributed by atoms with Gasteiger partial charge in [-0.1, -0.05) is 25.6 Å². The van der Waals surface area contributed by atoms with Crippen LogP contribution in [0.5, 0.6) is 0 Å². The van der Waals surface area contributed by atoms with Gasteiger partial charge < -0.3 is 5.32 Å². The minimum absolute atomic E-state index is 0.0809. The lowest BCUT2D eigenvalue weighted by atomic mass is 10.2. The van der Waals surface area contributed by atoms with Gasteiger partial charge in [0.1, 0.15) is 16.2 Å². The summed E-state index contributed by atoms with van der Waals surface area (Å²) in [6.45, 7) is 6.86. The second-order valence-corrected chi connectivity index (χ2v) is 8.53. The summed E-state index contributed by atoms with van der Waals surface area (Å²) in [4.78, 5) is 23.6. The number of fused-ring (bicyclic) bond motifs is 3. The molecule has 2 aromatic rings. The number of thioether (sulfide) groups is 1. The maximum Gasteiger partial charge on any atom is 0.233 e. The van der Waals surface area contributed by atoms with Crippen molar-refractivity contribution in [2.45, 2.75) is 50.3 Å². The molecule has 2 aromatic heterocycles. The van der Waals surface area contributed by atoms with Crippen molar-refractivity contribution in [2.75, 3.05) is 6.54 Å². The van der Waals surface area contributed by atoms with E-state index in [4.69, 9.17) is 0 Å². The molecule has 2 heterocycles. The highest BCUT2D eigenvalue weighted by Gasteiger charge is 2.23. The molecule has 118 valence electrons. The number of carbonyl (C=O) groups is 1. The monoisotopic (exact) mass is 335 g/mol. The zero-order valence-electron chi connectivity index (χ0n) is 13.2. The van der Waals surface area contributed by atoms with Crippen molar-refractivity contribution in [2.24, 2.45) is 5.92 Å². The van der Waals surface area contributed by atoms with Crippen molar-refractivity contribution in [3.05, 3.63) is 16.8 Å². The number of nitrogens with zero attached hydrogens (tertiary/aromatic N) is 2. The van der Waals surface area contributed by atoms with Gasteiger partial charge in [0, 0.05) is 16.8 Å². The Bertz CT molecular complexity index is 696. The molecule has 22 heavy (non-hydrogen) atoms. The standard InChI is InChI=1S/C16H21N3OS2/c1-9(2)7-17-14(20)10(3)21-15-13-11-5-4-6-12(11)22-16(13)19-8-18-15/h8-10H,4-7H2,1-3H3,(H,17,20)/t10-/m0/s1. The van der Waals surface area contributed by atoms with Gasteiger partial charge in [0.25, 0.3) is 0 Å². The number of rotatable bonds is 5. The van der Waals surface area contributed by atoms with Crippen LogP contribution in [0.2, 0.25) is 0 Å². The Morgan fingerprint density at radius 1 is 1.36 bits per heavy atom. The largest absolute Gasteiger partial charge is 0.355 e. The lowest BCUT2D eigenvalue weighted by Crippen LogP contribution is -2.33. The summed E-state index contributed by atoms with van der Waals surface area (Å²) < 4.78 is 0. The van der Waals surface area contributed by atoms with E-state index in [1.807, 2.05) is 6.92 Å². The molecule has 0 saturated heterocycles. The molecule has 0 bridgehead atoms. The molecule has 1 atom stereocenters. The van der Waals surface area contributed by atoms with Gasteiger partial charge in [-0.3, -0.25) is 4.79 Å². The zero-order valence-corrected chi connectivity index (χ0v) is 14.8. The summed E-state index contributed by atoms with van der Waals surface area (Å²) >= 11 is 3.33. The van der Waals surface area contributed by atoms with E-state index < -0.39 is 0 Å². The molecule has 1 aliphatic rings. The summed E-state index contributed by atoms with van der Waals surface area (Å²) in [5.74, 6) is 0.546. The maximum absolute atomic E-state index is 12.2. The molecule has 1 amide bonds. The third-order valence-corrected chi connectivity index (χ3v) is 6.11. The molecule has 0 aromatic carbocycles. The number of aromatic nitrogens is 2. The molecule has 1 N–H and O–H groups in total.